The van der Waals surface area contributed by atoms with Crippen LogP contribution in [-0.4, -0.2) is 16.8 Å². The van der Waals surface area contributed by atoms with Crippen LogP contribution in [0.15, 0.2) is 66.9 Å². The Morgan fingerprint density at radius 3 is 2.56 bits per heavy atom. The van der Waals surface area contributed by atoms with Crippen LogP contribution < -0.4 is 10.6 Å². The van der Waals surface area contributed by atoms with E-state index in [-0.39, 0.29) is 11.3 Å². The maximum Gasteiger partial charge on any atom is 0.274 e. The highest BCUT2D eigenvalue weighted by Gasteiger charge is 2.13. The van der Waals surface area contributed by atoms with Crippen molar-refractivity contribution in [2.45, 2.75) is 0 Å². The van der Waals surface area contributed by atoms with Crippen LogP contribution in [0.2, 0.25) is 5.02 Å². The van der Waals surface area contributed by atoms with Gasteiger partial charge in [-0.15, -0.1) is 0 Å². The van der Waals surface area contributed by atoms with Gasteiger partial charge in [-0.25, -0.2) is 0 Å². The third-order valence-corrected chi connectivity index (χ3v) is 3.96. The van der Waals surface area contributed by atoms with Crippen molar-refractivity contribution in [3.05, 3.63) is 88.7 Å². The number of hydrogen-bond donors (Lipinski definition) is 2. The molecule has 3 rings (SSSR count). The van der Waals surface area contributed by atoms with Crippen LogP contribution in [0, 0.1) is 11.3 Å². The number of hydrogen-bond acceptors (Lipinski definition) is 4. The van der Waals surface area contributed by atoms with E-state index in [4.69, 9.17) is 16.9 Å². The number of halogens is 1. The summed E-state index contributed by atoms with van der Waals surface area (Å²) in [5.74, 6) is -0.900. The SMILES string of the molecule is N#Cc1cccc(NC(=O)c2ccnc(C(=O)Nc3ccccc3Cl)c2)c1. The second-order valence-corrected chi connectivity index (χ2v) is 5.92. The number of para-hydroxylation sites is 1. The second-order valence-electron chi connectivity index (χ2n) is 5.51. The molecule has 0 saturated heterocycles. The van der Waals surface area contributed by atoms with Crippen molar-refractivity contribution in [1.82, 2.24) is 4.98 Å². The molecule has 2 amide bonds. The number of amides is 2. The minimum atomic E-state index is -0.482. The van der Waals surface area contributed by atoms with Crippen LogP contribution >= 0.6 is 11.6 Å². The van der Waals surface area contributed by atoms with Gasteiger partial charge >= 0.3 is 0 Å². The molecule has 0 spiro atoms. The zero-order chi connectivity index (χ0) is 19.2. The van der Waals surface area contributed by atoms with Crippen molar-refractivity contribution >= 4 is 34.8 Å². The van der Waals surface area contributed by atoms with E-state index in [0.717, 1.165) is 0 Å². The molecule has 0 unspecified atom stereocenters. The molecule has 0 aliphatic carbocycles. The van der Waals surface area contributed by atoms with Crippen molar-refractivity contribution in [2.24, 2.45) is 0 Å². The Balaban J connectivity index is 1.76. The smallest absolute Gasteiger partial charge is 0.274 e. The number of nitriles is 1. The molecular formula is C20H13ClN4O2. The first-order valence-corrected chi connectivity index (χ1v) is 8.28. The monoisotopic (exact) mass is 376 g/mol. The summed E-state index contributed by atoms with van der Waals surface area (Å²) in [5, 5.41) is 14.7. The lowest BCUT2D eigenvalue weighted by atomic mass is 10.2. The normalized spacial score (nSPS) is 9.93. The van der Waals surface area contributed by atoms with Crippen molar-refractivity contribution in [3.63, 3.8) is 0 Å². The summed E-state index contributed by atoms with van der Waals surface area (Å²) < 4.78 is 0. The van der Waals surface area contributed by atoms with Gasteiger partial charge in [0.2, 0.25) is 0 Å². The molecule has 0 atom stereocenters. The average Bonchev–Trinajstić information content (AvgIpc) is 2.70. The fraction of sp³-hybridized carbons (Fsp3) is 0. The Hall–Kier alpha value is -3.69. The molecule has 1 aromatic heterocycles. The first kappa shape index (κ1) is 18.1. The molecule has 0 aliphatic rings. The number of rotatable bonds is 4. The van der Waals surface area contributed by atoms with Gasteiger partial charge in [0.1, 0.15) is 5.69 Å². The lowest BCUT2D eigenvalue weighted by molar-refractivity contribution is 0.102. The molecule has 0 bridgehead atoms. The molecule has 6 nitrogen and oxygen atoms in total. The van der Waals surface area contributed by atoms with Gasteiger partial charge in [0, 0.05) is 17.4 Å². The minimum Gasteiger partial charge on any atom is -0.322 e. The molecule has 2 N–H and O–H groups in total. The molecular weight excluding hydrogens is 364 g/mol. The largest absolute Gasteiger partial charge is 0.322 e. The van der Waals surface area contributed by atoms with E-state index in [1.165, 1.54) is 18.3 Å². The Morgan fingerprint density at radius 2 is 1.78 bits per heavy atom. The number of carbonyl (C=O) groups excluding carboxylic acids is 2. The molecule has 132 valence electrons. The minimum absolute atomic E-state index is 0.0772. The zero-order valence-electron chi connectivity index (χ0n) is 13.9. The van der Waals surface area contributed by atoms with Crippen molar-refractivity contribution in [3.8, 4) is 6.07 Å². The number of benzene rings is 2. The number of nitrogens with zero attached hydrogens (tertiary/aromatic N) is 2. The van der Waals surface area contributed by atoms with E-state index < -0.39 is 11.8 Å². The highest BCUT2D eigenvalue weighted by molar-refractivity contribution is 6.33. The number of anilines is 2. The maximum absolute atomic E-state index is 12.4. The van der Waals surface area contributed by atoms with Crippen molar-refractivity contribution in [1.29, 1.82) is 5.26 Å². The summed E-state index contributed by atoms with van der Waals surface area (Å²) >= 11 is 6.03. The third-order valence-electron chi connectivity index (χ3n) is 3.63. The topological polar surface area (TPSA) is 94.9 Å². The van der Waals surface area contributed by atoms with Crippen LogP contribution in [0.4, 0.5) is 11.4 Å². The van der Waals surface area contributed by atoms with Gasteiger partial charge in [-0.3, -0.25) is 14.6 Å². The number of pyridine rings is 1. The van der Waals surface area contributed by atoms with Crippen LogP contribution in [0.1, 0.15) is 26.4 Å². The molecule has 1 heterocycles. The van der Waals surface area contributed by atoms with Gasteiger partial charge in [-0.05, 0) is 42.5 Å². The Labute approximate surface area is 160 Å². The lowest BCUT2D eigenvalue weighted by Crippen LogP contribution is -2.17. The molecule has 0 saturated carbocycles. The third kappa shape index (κ3) is 4.48. The van der Waals surface area contributed by atoms with E-state index in [1.54, 1.807) is 48.5 Å². The fourth-order valence-electron chi connectivity index (χ4n) is 2.31. The Morgan fingerprint density at radius 1 is 0.963 bits per heavy atom. The first-order valence-electron chi connectivity index (χ1n) is 7.90. The predicted octanol–water partition coefficient (Wildman–Crippen LogP) is 4.11. The summed E-state index contributed by atoms with van der Waals surface area (Å²) in [4.78, 5) is 28.8. The molecule has 0 aliphatic heterocycles. The lowest BCUT2D eigenvalue weighted by Gasteiger charge is -2.08. The fourth-order valence-corrected chi connectivity index (χ4v) is 2.50. The van der Waals surface area contributed by atoms with Gasteiger partial charge < -0.3 is 10.6 Å². The van der Waals surface area contributed by atoms with Gasteiger partial charge in [-0.2, -0.15) is 5.26 Å². The quantitative estimate of drug-likeness (QED) is 0.716. The van der Waals surface area contributed by atoms with E-state index in [0.29, 0.717) is 22.0 Å². The van der Waals surface area contributed by atoms with Crippen molar-refractivity contribution in [2.75, 3.05) is 10.6 Å². The predicted molar refractivity (Wildman–Crippen MR) is 103 cm³/mol. The first-order chi connectivity index (χ1) is 13.1. The number of nitrogens with one attached hydrogen (secondary N) is 2. The van der Waals surface area contributed by atoms with E-state index in [9.17, 15) is 9.59 Å². The van der Waals surface area contributed by atoms with E-state index >= 15 is 0 Å². The highest BCUT2D eigenvalue weighted by atomic mass is 35.5. The summed E-state index contributed by atoms with van der Waals surface area (Å²) in [5.41, 5.74) is 1.71. The van der Waals surface area contributed by atoms with Gasteiger partial charge in [-0.1, -0.05) is 29.8 Å². The highest BCUT2D eigenvalue weighted by Crippen LogP contribution is 2.21. The van der Waals surface area contributed by atoms with Gasteiger partial charge in [0.25, 0.3) is 11.8 Å². The Bertz CT molecular complexity index is 1060. The summed E-state index contributed by atoms with van der Waals surface area (Å²) in [6.07, 6.45) is 1.38. The zero-order valence-corrected chi connectivity index (χ0v) is 14.7. The van der Waals surface area contributed by atoms with E-state index in [1.807, 2.05) is 6.07 Å². The average molecular weight is 377 g/mol. The van der Waals surface area contributed by atoms with Crippen molar-refractivity contribution < 1.29 is 9.59 Å². The second kappa shape index (κ2) is 8.13. The summed E-state index contributed by atoms with van der Waals surface area (Å²) in [6.45, 7) is 0. The summed E-state index contributed by atoms with van der Waals surface area (Å²) in [6, 6.07) is 18.2. The number of carbonyl (C=O) groups is 2. The summed E-state index contributed by atoms with van der Waals surface area (Å²) in [7, 11) is 0. The maximum atomic E-state index is 12.4. The molecule has 0 fully saturated rings. The van der Waals surface area contributed by atoms with Gasteiger partial charge in [0.05, 0.1) is 22.3 Å². The van der Waals surface area contributed by atoms with Crippen LogP contribution in [0.3, 0.4) is 0 Å². The standard InChI is InChI=1S/C20H13ClN4O2/c21-16-6-1-2-7-17(16)25-20(27)18-11-14(8-9-23-18)19(26)24-15-5-3-4-13(10-15)12-22/h1-11H,(H,24,26)(H,25,27). The molecule has 3 aromatic rings. The van der Waals surface area contributed by atoms with Crippen LogP contribution in [0.5, 0.6) is 0 Å². The molecule has 2 aromatic carbocycles. The molecule has 7 heteroatoms. The Kier molecular flexibility index (Phi) is 5.45. The van der Waals surface area contributed by atoms with Crippen LogP contribution in [-0.2, 0) is 0 Å². The van der Waals surface area contributed by atoms with Gasteiger partial charge in [0.15, 0.2) is 0 Å². The molecule has 0 radical (unpaired) electrons. The van der Waals surface area contributed by atoms with E-state index in [2.05, 4.69) is 15.6 Å². The number of aromatic nitrogens is 1. The molecule has 27 heavy (non-hydrogen) atoms. The van der Waals surface area contributed by atoms with Crippen LogP contribution in [0.25, 0.3) is 0 Å².